The molecule has 0 aliphatic rings. The van der Waals surface area contributed by atoms with Gasteiger partial charge in [0, 0.05) is 30.2 Å². The summed E-state index contributed by atoms with van der Waals surface area (Å²) in [6, 6.07) is 8.74. The Hall–Kier alpha value is -1.43. The van der Waals surface area contributed by atoms with Gasteiger partial charge in [0.05, 0.1) is 0 Å². The molecule has 3 N–H and O–H groups in total. The van der Waals surface area contributed by atoms with Crippen LogP contribution in [0.2, 0.25) is 0 Å². The van der Waals surface area contributed by atoms with Gasteiger partial charge in [-0.15, -0.1) is 11.3 Å². The number of hydrogen-bond acceptors (Lipinski definition) is 5. The molecule has 0 bridgehead atoms. The van der Waals surface area contributed by atoms with Crippen LogP contribution in [0, 0.1) is 0 Å². The Morgan fingerprint density at radius 3 is 2.68 bits per heavy atom. The lowest BCUT2D eigenvalue weighted by molar-refractivity contribution is 0.205. The molecule has 0 spiro atoms. The smallest absolute Gasteiger partial charge is 0.139 e. The van der Waals surface area contributed by atoms with Crippen molar-refractivity contribution in [3.63, 3.8) is 0 Å². The van der Waals surface area contributed by atoms with Gasteiger partial charge in [0.15, 0.2) is 0 Å². The molecule has 0 atom stereocenters. The number of anilines is 1. The predicted molar refractivity (Wildman–Crippen MR) is 80.7 cm³/mol. The second-order valence-electron chi connectivity index (χ2n) is 4.77. The van der Waals surface area contributed by atoms with Crippen LogP contribution in [0.5, 0.6) is 0 Å². The summed E-state index contributed by atoms with van der Waals surface area (Å²) < 4.78 is 0. The van der Waals surface area contributed by atoms with Crippen molar-refractivity contribution < 1.29 is 0 Å². The SMILES string of the molecule is CC(C)N(Cc1ccc(NN)nc1)Cc1cccs1. The van der Waals surface area contributed by atoms with Crippen LogP contribution in [0.3, 0.4) is 0 Å². The van der Waals surface area contributed by atoms with E-state index >= 15 is 0 Å². The molecule has 0 unspecified atom stereocenters. The van der Waals surface area contributed by atoms with Crippen LogP contribution >= 0.6 is 11.3 Å². The quantitative estimate of drug-likeness (QED) is 0.629. The number of nitrogens with one attached hydrogen (secondary N) is 1. The first-order valence-electron chi connectivity index (χ1n) is 6.37. The average molecular weight is 276 g/mol. The van der Waals surface area contributed by atoms with E-state index in [-0.39, 0.29) is 0 Å². The van der Waals surface area contributed by atoms with Crippen molar-refractivity contribution >= 4 is 17.2 Å². The zero-order valence-electron chi connectivity index (χ0n) is 11.3. The number of aromatic nitrogens is 1. The molecule has 102 valence electrons. The number of nitrogens with zero attached hydrogens (tertiary/aromatic N) is 2. The van der Waals surface area contributed by atoms with Crippen LogP contribution in [0.25, 0.3) is 0 Å². The maximum atomic E-state index is 5.32. The molecule has 2 aromatic heterocycles. The maximum absolute atomic E-state index is 5.32. The van der Waals surface area contributed by atoms with Gasteiger partial charge >= 0.3 is 0 Å². The Balaban J connectivity index is 2.03. The predicted octanol–water partition coefficient (Wildman–Crippen LogP) is 2.84. The minimum Gasteiger partial charge on any atom is -0.308 e. The van der Waals surface area contributed by atoms with Crippen molar-refractivity contribution in [2.45, 2.75) is 33.0 Å². The number of rotatable bonds is 6. The van der Waals surface area contributed by atoms with E-state index in [0.29, 0.717) is 11.9 Å². The maximum Gasteiger partial charge on any atom is 0.139 e. The van der Waals surface area contributed by atoms with Crippen molar-refractivity contribution in [1.29, 1.82) is 0 Å². The van der Waals surface area contributed by atoms with Crippen LogP contribution < -0.4 is 11.3 Å². The van der Waals surface area contributed by atoms with Gasteiger partial charge in [-0.2, -0.15) is 0 Å². The van der Waals surface area contributed by atoms with Gasteiger partial charge in [0.2, 0.25) is 0 Å². The van der Waals surface area contributed by atoms with Gasteiger partial charge in [0.25, 0.3) is 0 Å². The highest BCUT2D eigenvalue weighted by Crippen LogP contribution is 2.16. The highest BCUT2D eigenvalue weighted by atomic mass is 32.1. The van der Waals surface area contributed by atoms with E-state index in [9.17, 15) is 0 Å². The molecule has 0 amide bonds. The number of hydrogen-bond donors (Lipinski definition) is 2. The van der Waals surface area contributed by atoms with E-state index in [4.69, 9.17) is 5.84 Å². The summed E-state index contributed by atoms with van der Waals surface area (Å²) in [5, 5.41) is 2.12. The highest BCUT2D eigenvalue weighted by molar-refractivity contribution is 7.09. The van der Waals surface area contributed by atoms with E-state index in [2.05, 4.69) is 52.7 Å². The minimum absolute atomic E-state index is 0.495. The first kappa shape index (κ1) is 14.0. The molecule has 0 fully saturated rings. The van der Waals surface area contributed by atoms with Gasteiger partial charge in [-0.25, -0.2) is 10.8 Å². The molecule has 0 saturated carbocycles. The summed E-state index contributed by atoms with van der Waals surface area (Å²) in [5.74, 6) is 6.01. The van der Waals surface area contributed by atoms with Crippen LogP contribution in [0.4, 0.5) is 5.82 Å². The van der Waals surface area contributed by atoms with Crippen LogP contribution in [0.1, 0.15) is 24.3 Å². The topological polar surface area (TPSA) is 54.2 Å². The minimum atomic E-state index is 0.495. The molecule has 5 heteroatoms. The molecule has 4 nitrogen and oxygen atoms in total. The first-order chi connectivity index (χ1) is 9.19. The van der Waals surface area contributed by atoms with Crippen LogP contribution in [-0.2, 0) is 13.1 Å². The summed E-state index contributed by atoms with van der Waals surface area (Å²) in [7, 11) is 0. The fraction of sp³-hybridized carbons (Fsp3) is 0.357. The molecule has 0 aliphatic heterocycles. The molecular weight excluding hydrogens is 256 g/mol. The molecule has 0 saturated heterocycles. The molecule has 19 heavy (non-hydrogen) atoms. The Morgan fingerprint density at radius 1 is 1.32 bits per heavy atom. The number of nitrogen functional groups attached to an aromatic ring is 1. The van der Waals surface area contributed by atoms with Gasteiger partial charge in [0.1, 0.15) is 5.82 Å². The summed E-state index contributed by atoms with van der Waals surface area (Å²) in [6.45, 7) is 6.31. The van der Waals surface area contributed by atoms with Crippen molar-refractivity contribution in [3.8, 4) is 0 Å². The molecule has 0 radical (unpaired) electrons. The normalized spacial score (nSPS) is 11.2. The van der Waals surface area contributed by atoms with Crippen molar-refractivity contribution in [2.75, 3.05) is 5.43 Å². The van der Waals surface area contributed by atoms with Gasteiger partial charge in [-0.1, -0.05) is 12.1 Å². The Kier molecular flexibility index (Phi) is 4.90. The third-order valence-electron chi connectivity index (χ3n) is 3.03. The lowest BCUT2D eigenvalue weighted by atomic mass is 10.2. The standard InChI is InChI=1S/C14H20N4S/c1-11(2)18(10-13-4-3-7-19-13)9-12-5-6-14(17-15)16-8-12/h3-8,11H,9-10,15H2,1-2H3,(H,16,17). The number of pyridine rings is 1. The molecule has 2 heterocycles. The lowest BCUT2D eigenvalue weighted by Crippen LogP contribution is -2.29. The second-order valence-corrected chi connectivity index (χ2v) is 5.81. The highest BCUT2D eigenvalue weighted by Gasteiger charge is 2.11. The number of hydrazine groups is 1. The van der Waals surface area contributed by atoms with E-state index < -0.39 is 0 Å². The fourth-order valence-electron chi connectivity index (χ4n) is 1.86. The third-order valence-corrected chi connectivity index (χ3v) is 3.89. The average Bonchev–Trinajstić information content (AvgIpc) is 2.91. The first-order valence-corrected chi connectivity index (χ1v) is 7.25. The van der Waals surface area contributed by atoms with Gasteiger partial charge in [-0.05, 0) is 36.9 Å². The summed E-state index contributed by atoms with van der Waals surface area (Å²) in [5.41, 5.74) is 3.74. The van der Waals surface area contributed by atoms with E-state index in [1.54, 1.807) is 11.3 Å². The zero-order valence-corrected chi connectivity index (χ0v) is 12.2. The van der Waals surface area contributed by atoms with Crippen LogP contribution in [-0.4, -0.2) is 15.9 Å². The van der Waals surface area contributed by atoms with Gasteiger partial charge in [-0.3, -0.25) is 4.90 Å². The molecule has 2 aromatic rings. The monoisotopic (exact) mass is 276 g/mol. The van der Waals surface area contributed by atoms with Crippen molar-refractivity contribution in [1.82, 2.24) is 9.88 Å². The number of thiophene rings is 1. The summed E-state index contributed by atoms with van der Waals surface area (Å²) >= 11 is 1.80. The molecular formula is C14H20N4S. The van der Waals surface area contributed by atoms with E-state index in [1.165, 1.54) is 10.4 Å². The largest absolute Gasteiger partial charge is 0.308 e. The second kappa shape index (κ2) is 6.65. The van der Waals surface area contributed by atoms with Crippen molar-refractivity contribution in [3.05, 3.63) is 46.3 Å². The lowest BCUT2D eigenvalue weighted by Gasteiger charge is -2.25. The van der Waals surface area contributed by atoms with E-state index in [1.807, 2.05) is 12.3 Å². The van der Waals surface area contributed by atoms with Crippen molar-refractivity contribution in [2.24, 2.45) is 5.84 Å². The fourth-order valence-corrected chi connectivity index (χ4v) is 2.59. The molecule has 0 aliphatic carbocycles. The Labute approximate surface area is 118 Å². The van der Waals surface area contributed by atoms with Crippen LogP contribution in [0.15, 0.2) is 35.8 Å². The Bertz CT molecular complexity index is 479. The Morgan fingerprint density at radius 2 is 2.16 bits per heavy atom. The zero-order chi connectivity index (χ0) is 13.7. The summed E-state index contributed by atoms with van der Waals surface area (Å²) in [4.78, 5) is 8.07. The summed E-state index contributed by atoms with van der Waals surface area (Å²) in [6.07, 6.45) is 1.87. The molecule has 0 aromatic carbocycles. The molecule has 2 rings (SSSR count). The van der Waals surface area contributed by atoms with Gasteiger partial charge < -0.3 is 5.43 Å². The number of nitrogens with two attached hydrogens (primary N) is 1. The third kappa shape index (κ3) is 4.02. The van der Waals surface area contributed by atoms with E-state index in [0.717, 1.165) is 13.1 Å².